The first kappa shape index (κ1) is 25.0. The van der Waals surface area contributed by atoms with Crippen LogP contribution in [0.1, 0.15) is 24.8 Å². The Labute approximate surface area is 211 Å². The molecule has 2 aromatic rings. The summed E-state index contributed by atoms with van der Waals surface area (Å²) >= 11 is 6.24. The van der Waals surface area contributed by atoms with Gasteiger partial charge in [0, 0.05) is 32.2 Å². The molecule has 0 saturated carbocycles. The third kappa shape index (κ3) is 5.59. The van der Waals surface area contributed by atoms with Gasteiger partial charge in [0.2, 0.25) is 0 Å². The van der Waals surface area contributed by atoms with E-state index < -0.39 is 0 Å². The van der Waals surface area contributed by atoms with Crippen molar-refractivity contribution in [1.82, 2.24) is 9.80 Å². The minimum Gasteiger partial charge on any atom is -0.495 e. The molecule has 2 fully saturated rings. The summed E-state index contributed by atoms with van der Waals surface area (Å²) in [6.07, 6.45) is 2.65. The van der Waals surface area contributed by atoms with Crippen molar-refractivity contribution >= 4 is 29.2 Å². The van der Waals surface area contributed by atoms with Crippen LogP contribution >= 0.6 is 11.6 Å². The third-order valence-corrected chi connectivity index (χ3v) is 7.36. The maximum atomic E-state index is 13.0. The largest absolute Gasteiger partial charge is 0.495 e. The second kappa shape index (κ2) is 10.6. The van der Waals surface area contributed by atoms with Gasteiger partial charge < -0.3 is 29.3 Å². The van der Waals surface area contributed by atoms with Crippen molar-refractivity contribution in [2.75, 3.05) is 52.3 Å². The number of amides is 3. The van der Waals surface area contributed by atoms with Crippen LogP contribution in [-0.4, -0.2) is 68.7 Å². The number of benzene rings is 2. The van der Waals surface area contributed by atoms with Crippen molar-refractivity contribution in [2.45, 2.75) is 26.2 Å². The quantitative estimate of drug-likeness (QED) is 0.626. The number of para-hydroxylation sites is 1. The Balaban J connectivity index is 1.29. The predicted octanol–water partition coefficient (Wildman–Crippen LogP) is 4.59. The van der Waals surface area contributed by atoms with Crippen LogP contribution in [0, 0.1) is 12.3 Å². The number of hydrogen-bond acceptors (Lipinski definition) is 5. The minimum atomic E-state index is -0.188. The molecule has 9 heteroatoms. The number of anilines is 1. The van der Waals surface area contributed by atoms with E-state index >= 15 is 0 Å². The van der Waals surface area contributed by atoms with Crippen LogP contribution in [0.2, 0.25) is 5.02 Å². The molecule has 0 bridgehead atoms. The number of rotatable bonds is 6. The number of carbonyl (C=O) groups is 2. The molecule has 2 heterocycles. The van der Waals surface area contributed by atoms with Gasteiger partial charge in [-0.3, -0.25) is 4.79 Å². The normalized spacial score (nSPS) is 16.8. The summed E-state index contributed by atoms with van der Waals surface area (Å²) in [4.78, 5) is 29.4. The second-order valence-corrected chi connectivity index (χ2v) is 9.63. The molecular formula is C26H32ClN3O5. The summed E-state index contributed by atoms with van der Waals surface area (Å²) in [6.45, 7) is 4.68. The van der Waals surface area contributed by atoms with Gasteiger partial charge in [0.05, 0.1) is 24.9 Å². The molecule has 0 unspecified atom stereocenters. The van der Waals surface area contributed by atoms with Crippen molar-refractivity contribution in [3.8, 4) is 17.2 Å². The molecule has 2 aromatic carbocycles. The van der Waals surface area contributed by atoms with Gasteiger partial charge in [0.1, 0.15) is 17.2 Å². The highest BCUT2D eigenvalue weighted by Gasteiger charge is 2.43. The number of urea groups is 1. The Kier molecular flexibility index (Phi) is 7.60. The summed E-state index contributed by atoms with van der Waals surface area (Å²) in [5.41, 5.74) is 1.54. The van der Waals surface area contributed by atoms with Crippen LogP contribution in [0.4, 0.5) is 10.5 Å². The highest BCUT2D eigenvalue weighted by Crippen LogP contribution is 2.41. The maximum Gasteiger partial charge on any atom is 0.321 e. The van der Waals surface area contributed by atoms with Crippen LogP contribution in [0.5, 0.6) is 17.2 Å². The lowest BCUT2D eigenvalue weighted by molar-refractivity contribution is -0.135. The monoisotopic (exact) mass is 501 g/mol. The lowest BCUT2D eigenvalue weighted by atomic mass is 9.78. The highest BCUT2D eigenvalue weighted by molar-refractivity contribution is 6.32. The maximum absolute atomic E-state index is 13.0. The van der Waals surface area contributed by atoms with E-state index in [4.69, 9.17) is 25.8 Å². The van der Waals surface area contributed by atoms with Gasteiger partial charge in [-0.15, -0.1) is 0 Å². The zero-order valence-electron chi connectivity index (χ0n) is 20.4. The minimum absolute atomic E-state index is 0.000761. The molecule has 1 N–H and O–H groups in total. The van der Waals surface area contributed by atoms with Crippen molar-refractivity contribution in [3.63, 3.8) is 0 Å². The number of piperidine rings is 1. The predicted molar refractivity (Wildman–Crippen MR) is 135 cm³/mol. The van der Waals surface area contributed by atoms with Crippen molar-refractivity contribution in [1.29, 1.82) is 0 Å². The van der Waals surface area contributed by atoms with E-state index in [0.29, 0.717) is 48.4 Å². The van der Waals surface area contributed by atoms with Crippen LogP contribution in [-0.2, 0) is 4.79 Å². The number of carbonyl (C=O) groups excluding carboxylic acids is 2. The fourth-order valence-electron chi connectivity index (χ4n) is 4.85. The van der Waals surface area contributed by atoms with E-state index in [1.54, 1.807) is 12.1 Å². The molecule has 0 atom stereocenters. The van der Waals surface area contributed by atoms with Gasteiger partial charge >= 0.3 is 6.03 Å². The van der Waals surface area contributed by atoms with E-state index in [2.05, 4.69) is 5.32 Å². The van der Waals surface area contributed by atoms with E-state index in [9.17, 15) is 9.59 Å². The Morgan fingerprint density at radius 3 is 2.29 bits per heavy atom. The first-order valence-corrected chi connectivity index (χ1v) is 12.2. The van der Waals surface area contributed by atoms with E-state index in [-0.39, 0.29) is 24.0 Å². The first-order valence-electron chi connectivity index (χ1n) is 11.8. The van der Waals surface area contributed by atoms with Crippen molar-refractivity contribution in [2.24, 2.45) is 5.41 Å². The van der Waals surface area contributed by atoms with Crippen LogP contribution in [0.25, 0.3) is 0 Å². The average molecular weight is 502 g/mol. The molecule has 2 aliphatic heterocycles. The fourth-order valence-corrected chi connectivity index (χ4v) is 5.09. The third-order valence-electron chi connectivity index (χ3n) is 7.06. The van der Waals surface area contributed by atoms with E-state index in [1.165, 1.54) is 14.2 Å². The molecule has 1 spiro atoms. The summed E-state index contributed by atoms with van der Waals surface area (Å²) < 4.78 is 16.3. The number of nitrogens with zero attached hydrogens (tertiary/aromatic N) is 2. The molecule has 3 amide bonds. The Bertz CT molecular complexity index is 1080. The van der Waals surface area contributed by atoms with Crippen LogP contribution in [0.3, 0.4) is 0 Å². The number of likely N-dealkylation sites (tertiary alicyclic amines) is 2. The molecule has 2 saturated heterocycles. The number of ether oxygens (including phenoxy) is 3. The molecule has 35 heavy (non-hydrogen) atoms. The number of methoxy groups -OCH3 is 2. The molecule has 0 aromatic heterocycles. The summed E-state index contributed by atoms with van der Waals surface area (Å²) in [5, 5.41) is 3.32. The molecule has 0 aliphatic carbocycles. The molecular weight excluding hydrogens is 470 g/mol. The standard InChI is InChI=1S/C26H32ClN3O5/c1-18-6-4-5-7-21(18)35-16-24(31)29-11-8-26(9-12-29)10-13-30(17-26)25(32)28-20-14-19(27)22(33-2)15-23(20)34-3/h4-7,14-15H,8-13,16-17H2,1-3H3,(H,28,32). The zero-order chi connectivity index (χ0) is 25.0. The summed E-state index contributed by atoms with van der Waals surface area (Å²) in [5.74, 6) is 1.70. The van der Waals surface area contributed by atoms with Gasteiger partial charge in [-0.25, -0.2) is 4.79 Å². The van der Waals surface area contributed by atoms with Gasteiger partial charge in [-0.05, 0) is 49.3 Å². The van der Waals surface area contributed by atoms with Gasteiger partial charge in [0.25, 0.3) is 5.91 Å². The van der Waals surface area contributed by atoms with Crippen molar-refractivity contribution < 1.29 is 23.8 Å². The van der Waals surface area contributed by atoms with E-state index in [1.807, 2.05) is 41.0 Å². The van der Waals surface area contributed by atoms with Gasteiger partial charge in [-0.2, -0.15) is 0 Å². The molecule has 188 valence electrons. The molecule has 4 rings (SSSR count). The smallest absolute Gasteiger partial charge is 0.321 e. The van der Waals surface area contributed by atoms with Crippen LogP contribution in [0.15, 0.2) is 36.4 Å². The number of halogens is 1. The second-order valence-electron chi connectivity index (χ2n) is 9.22. The molecule has 0 radical (unpaired) electrons. The molecule has 2 aliphatic rings. The Morgan fingerprint density at radius 2 is 1.63 bits per heavy atom. The fraction of sp³-hybridized carbons (Fsp3) is 0.462. The van der Waals surface area contributed by atoms with E-state index in [0.717, 1.165) is 30.6 Å². The Morgan fingerprint density at radius 1 is 0.971 bits per heavy atom. The number of nitrogens with one attached hydrogen (secondary N) is 1. The topological polar surface area (TPSA) is 80.3 Å². The number of hydrogen-bond donors (Lipinski definition) is 1. The molecule has 8 nitrogen and oxygen atoms in total. The SMILES string of the molecule is COc1cc(OC)c(NC(=O)N2CCC3(CCN(C(=O)COc4ccccc4C)CC3)C2)cc1Cl. The zero-order valence-corrected chi connectivity index (χ0v) is 21.2. The Hall–Kier alpha value is -3.13. The number of aryl methyl sites for hydroxylation is 1. The highest BCUT2D eigenvalue weighted by atomic mass is 35.5. The van der Waals surface area contributed by atoms with Crippen molar-refractivity contribution in [3.05, 3.63) is 47.0 Å². The summed E-state index contributed by atoms with van der Waals surface area (Å²) in [6, 6.07) is 10.8. The van der Waals surface area contributed by atoms with Gasteiger partial charge in [-0.1, -0.05) is 29.8 Å². The lowest BCUT2D eigenvalue weighted by Gasteiger charge is -2.39. The average Bonchev–Trinajstić information content (AvgIpc) is 3.27. The lowest BCUT2D eigenvalue weighted by Crippen LogP contribution is -2.46. The first-order chi connectivity index (χ1) is 16.8. The summed E-state index contributed by atoms with van der Waals surface area (Å²) in [7, 11) is 3.06. The van der Waals surface area contributed by atoms with Crippen LogP contribution < -0.4 is 19.5 Å². The van der Waals surface area contributed by atoms with Gasteiger partial charge in [0.15, 0.2) is 6.61 Å².